The maximum atomic E-state index is 11.1. The van der Waals surface area contributed by atoms with E-state index in [1.807, 2.05) is 0 Å². The summed E-state index contributed by atoms with van der Waals surface area (Å²) >= 11 is 0. The lowest BCUT2D eigenvalue weighted by atomic mass is 9.96. The molecule has 0 bridgehead atoms. The third-order valence-electron chi connectivity index (χ3n) is 1.65. The molecule has 0 aliphatic carbocycles. The van der Waals surface area contributed by atoms with Crippen molar-refractivity contribution < 1.29 is 9.59 Å². The van der Waals surface area contributed by atoms with E-state index in [2.05, 4.69) is 6.58 Å². The molecule has 0 fully saturated rings. The molecule has 62 valence electrons. The second-order valence-electron chi connectivity index (χ2n) is 2.69. The van der Waals surface area contributed by atoms with Gasteiger partial charge in [0.2, 0.25) is 0 Å². The van der Waals surface area contributed by atoms with Gasteiger partial charge in [-0.15, -0.1) is 0 Å². The summed E-state index contributed by atoms with van der Waals surface area (Å²) in [5.41, 5.74) is 0.458. The first-order chi connectivity index (χ1) is 5.00. The van der Waals surface area contributed by atoms with Gasteiger partial charge in [0.15, 0.2) is 5.78 Å². The third kappa shape index (κ3) is 2.66. The van der Waals surface area contributed by atoms with Gasteiger partial charge < -0.3 is 0 Å². The standard InChI is InChI=1S/C9H14O2/c1-5-8(10)7(4)9(11)6(2)3/h7H,2,5H2,1,3-4H3. The van der Waals surface area contributed by atoms with E-state index in [1.54, 1.807) is 20.8 Å². The van der Waals surface area contributed by atoms with E-state index in [-0.39, 0.29) is 11.6 Å². The molecule has 11 heavy (non-hydrogen) atoms. The zero-order valence-corrected chi connectivity index (χ0v) is 7.31. The zero-order valence-electron chi connectivity index (χ0n) is 7.31. The molecule has 0 radical (unpaired) electrons. The Morgan fingerprint density at radius 3 is 2.18 bits per heavy atom. The van der Waals surface area contributed by atoms with Gasteiger partial charge in [-0.2, -0.15) is 0 Å². The van der Waals surface area contributed by atoms with Gasteiger partial charge in [-0.3, -0.25) is 9.59 Å². The molecule has 0 amide bonds. The molecule has 0 spiro atoms. The first-order valence-corrected chi connectivity index (χ1v) is 3.73. The predicted octanol–water partition coefficient (Wildman–Crippen LogP) is 1.75. The molecule has 0 aromatic heterocycles. The SMILES string of the molecule is C=C(C)C(=O)C(C)C(=O)CC. The Labute approximate surface area is 67.3 Å². The Balaban J connectivity index is 4.25. The van der Waals surface area contributed by atoms with Crippen molar-refractivity contribution >= 4 is 11.6 Å². The Bertz CT molecular complexity index is 192. The number of hydrogen-bond donors (Lipinski definition) is 0. The molecular weight excluding hydrogens is 140 g/mol. The highest BCUT2D eigenvalue weighted by Gasteiger charge is 2.19. The van der Waals surface area contributed by atoms with Crippen LogP contribution in [0.1, 0.15) is 27.2 Å². The highest BCUT2D eigenvalue weighted by Crippen LogP contribution is 2.07. The van der Waals surface area contributed by atoms with Gasteiger partial charge >= 0.3 is 0 Å². The molecule has 0 N–H and O–H groups in total. The minimum absolute atomic E-state index is 0.0157. The molecule has 0 heterocycles. The maximum absolute atomic E-state index is 11.1. The largest absolute Gasteiger partial charge is 0.299 e. The Morgan fingerprint density at radius 2 is 1.91 bits per heavy atom. The fourth-order valence-corrected chi connectivity index (χ4v) is 0.822. The minimum Gasteiger partial charge on any atom is -0.299 e. The van der Waals surface area contributed by atoms with Crippen LogP contribution in [0.15, 0.2) is 12.2 Å². The smallest absolute Gasteiger partial charge is 0.168 e. The summed E-state index contributed by atoms with van der Waals surface area (Å²) in [6.07, 6.45) is 0.417. The van der Waals surface area contributed by atoms with E-state index < -0.39 is 5.92 Å². The summed E-state index contributed by atoms with van der Waals surface area (Å²) in [5, 5.41) is 0. The van der Waals surface area contributed by atoms with Crippen LogP contribution in [0.2, 0.25) is 0 Å². The number of ketones is 2. The Kier molecular flexibility index (Phi) is 3.72. The molecule has 0 saturated carbocycles. The van der Waals surface area contributed by atoms with E-state index in [0.717, 1.165) is 0 Å². The van der Waals surface area contributed by atoms with Crippen molar-refractivity contribution in [1.82, 2.24) is 0 Å². The Morgan fingerprint density at radius 1 is 1.45 bits per heavy atom. The summed E-state index contributed by atoms with van der Waals surface area (Å²) in [4.78, 5) is 22.1. The summed E-state index contributed by atoms with van der Waals surface area (Å²) in [7, 11) is 0. The van der Waals surface area contributed by atoms with Crippen molar-refractivity contribution in [3.05, 3.63) is 12.2 Å². The minimum atomic E-state index is -0.502. The molecule has 0 rings (SSSR count). The lowest BCUT2D eigenvalue weighted by molar-refractivity contribution is -0.129. The molecule has 0 aromatic carbocycles. The molecule has 0 aliphatic heterocycles. The maximum Gasteiger partial charge on any atom is 0.168 e. The van der Waals surface area contributed by atoms with Crippen molar-refractivity contribution in [2.75, 3.05) is 0 Å². The second-order valence-corrected chi connectivity index (χ2v) is 2.69. The quantitative estimate of drug-likeness (QED) is 0.456. The zero-order chi connectivity index (χ0) is 9.02. The first-order valence-electron chi connectivity index (χ1n) is 3.73. The van der Waals surface area contributed by atoms with E-state index >= 15 is 0 Å². The number of Topliss-reactive ketones (excluding diaryl/α,β-unsaturated/α-hetero) is 2. The van der Waals surface area contributed by atoms with Gasteiger partial charge in [0, 0.05) is 6.42 Å². The predicted molar refractivity (Wildman–Crippen MR) is 44.3 cm³/mol. The summed E-state index contributed by atoms with van der Waals surface area (Å²) in [5.74, 6) is -0.660. The number of rotatable bonds is 4. The van der Waals surface area contributed by atoms with Crippen LogP contribution in [-0.4, -0.2) is 11.6 Å². The molecule has 1 atom stereocenters. The van der Waals surface area contributed by atoms with Crippen molar-refractivity contribution in [2.24, 2.45) is 5.92 Å². The highest BCUT2D eigenvalue weighted by molar-refractivity contribution is 6.09. The average molecular weight is 154 g/mol. The second kappa shape index (κ2) is 4.06. The summed E-state index contributed by atoms with van der Waals surface area (Å²) in [6, 6.07) is 0. The fourth-order valence-electron chi connectivity index (χ4n) is 0.822. The molecule has 0 saturated heterocycles. The molecule has 1 unspecified atom stereocenters. The monoisotopic (exact) mass is 154 g/mol. The fraction of sp³-hybridized carbons (Fsp3) is 0.556. The van der Waals surface area contributed by atoms with Crippen molar-refractivity contribution in [3.8, 4) is 0 Å². The van der Waals surface area contributed by atoms with E-state index in [1.165, 1.54) is 0 Å². The molecule has 2 heteroatoms. The summed E-state index contributed by atoms with van der Waals surface area (Å²) < 4.78 is 0. The molecule has 0 aromatic rings. The van der Waals surface area contributed by atoms with E-state index in [4.69, 9.17) is 0 Å². The first kappa shape index (κ1) is 10.1. The van der Waals surface area contributed by atoms with E-state index in [9.17, 15) is 9.59 Å². The van der Waals surface area contributed by atoms with Gasteiger partial charge in [0.25, 0.3) is 0 Å². The van der Waals surface area contributed by atoms with Crippen LogP contribution in [0.5, 0.6) is 0 Å². The Hall–Kier alpha value is -0.920. The van der Waals surface area contributed by atoms with Crippen LogP contribution in [0, 0.1) is 5.92 Å². The van der Waals surface area contributed by atoms with Crippen molar-refractivity contribution in [3.63, 3.8) is 0 Å². The topological polar surface area (TPSA) is 34.1 Å². The highest BCUT2D eigenvalue weighted by atomic mass is 16.1. The molecule has 2 nitrogen and oxygen atoms in total. The normalized spacial score (nSPS) is 12.3. The van der Waals surface area contributed by atoms with Crippen LogP contribution >= 0.6 is 0 Å². The van der Waals surface area contributed by atoms with Crippen molar-refractivity contribution in [2.45, 2.75) is 27.2 Å². The molecule has 0 aliphatic rings. The molecular formula is C9H14O2. The van der Waals surface area contributed by atoms with E-state index in [0.29, 0.717) is 12.0 Å². The number of hydrogen-bond acceptors (Lipinski definition) is 2. The van der Waals surface area contributed by atoms with Gasteiger partial charge in [0.1, 0.15) is 5.78 Å². The number of carbonyl (C=O) groups is 2. The van der Waals surface area contributed by atoms with Crippen LogP contribution < -0.4 is 0 Å². The van der Waals surface area contributed by atoms with Crippen LogP contribution in [0.4, 0.5) is 0 Å². The van der Waals surface area contributed by atoms with Gasteiger partial charge in [0.05, 0.1) is 5.92 Å². The van der Waals surface area contributed by atoms with Gasteiger partial charge in [-0.1, -0.05) is 13.5 Å². The van der Waals surface area contributed by atoms with Crippen LogP contribution in [0.25, 0.3) is 0 Å². The number of allylic oxidation sites excluding steroid dienone is 1. The van der Waals surface area contributed by atoms with Gasteiger partial charge in [-0.25, -0.2) is 0 Å². The van der Waals surface area contributed by atoms with Crippen molar-refractivity contribution in [1.29, 1.82) is 0 Å². The summed E-state index contributed by atoms with van der Waals surface area (Å²) in [6.45, 7) is 8.50. The van der Waals surface area contributed by atoms with Crippen LogP contribution in [0.3, 0.4) is 0 Å². The third-order valence-corrected chi connectivity index (χ3v) is 1.65. The lowest BCUT2D eigenvalue weighted by Gasteiger charge is -2.06. The van der Waals surface area contributed by atoms with Crippen LogP contribution in [-0.2, 0) is 9.59 Å². The number of carbonyl (C=O) groups excluding carboxylic acids is 2. The van der Waals surface area contributed by atoms with Gasteiger partial charge in [-0.05, 0) is 19.4 Å². The average Bonchev–Trinajstić information content (AvgIpc) is 2.00. The lowest BCUT2D eigenvalue weighted by Crippen LogP contribution is -2.20.